The Bertz CT molecular complexity index is 748. The Labute approximate surface area is 127 Å². The average molecular weight is 329 g/mol. The van der Waals surface area contributed by atoms with Gasteiger partial charge in [0, 0.05) is 11.7 Å². The van der Waals surface area contributed by atoms with Crippen LogP contribution in [0, 0.1) is 5.82 Å². The molecular formula is C14H14ClFN2O2S. The van der Waals surface area contributed by atoms with Crippen LogP contribution in [0.15, 0.2) is 47.4 Å². The highest BCUT2D eigenvalue weighted by atomic mass is 35.5. The highest BCUT2D eigenvalue weighted by Gasteiger charge is 2.21. The number of nitrogens with two attached hydrogens (primary N) is 1. The highest BCUT2D eigenvalue weighted by Crippen LogP contribution is 2.24. The molecule has 0 saturated heterocycles. The van der Waals surface area contributed by atoms with E-state index in [1.54, 1.807) is 31.2 Å². The van der Waals surface area contributed by atoms with Crippen LogP contribution < -0.4 is 10.5 Å². The summed E-state index contributed by atoms with van der Waals surface area (Å²) in [5.41, 5.74) is 6.94. The van der Waals surface area contributed by atoms with E-state index in [2.05, 4.69) is 4.72 Å². The van der Waals surface area contributed by atoms with Crippen molar-refractivity contribution < 1.29 is 12.8 Å². The Morgan fingerprint density at radius 2 is 1.81 bits per heavy atom. The molecule has 0 bridgehead atoms. The smallest absolute Gasteiger partial charge is 0.242 e. The van der Waals surface area contributed by atoms with E-state index in [-0.39, 0.29) is 9.92 Å². The molecule has 2 rings (SSSR count). The first-order valence-corrected chi connectivity index (χ1v) is 7.98. The molecule has 0 saturated carbocycles. The van der Waals surface area contributed by atoms with Crippen molar-refractivity contribution in [2.45, 2.75) is 17.9 Å². The Hall–Kier alpha value is -1.63. The van der Waals surface area contributed by atoms with Crippen LogP contribution in [0.1, 0.15) is 18.5 Å². The maximum absolute atomic E-state index is 13.0. The third-order valence-electron chi connectivity index (χ3n) is 2.95. The zero-order valence-electron chi connectivity index (χ0n) is 11.2. The lowest BCUT2D eigenvalue weighted by atomic mass is 10.1. The normalized spacial score (nSPS) is 13.1. The van der Waals surface area contributed by atoms with Gasteiger partial charge in [-0.1, -0.05) is 23.7 Å². The molecule has 0 spiro atoms. The Morgan fingerprint density at radius 1 is 1.19 bits per heavy atom. The summed E-state index contributed by atoms with van der Waals surface area (Å²) in [5.74, 6) is -0.592. The van der Waals surface area contributed by atoms with E-state index in [0.29, 0.717) is 5.69 Å². The van der Waals surface area contributed by atoms with Crippen molar-refractivity contribution in [1.82, 2.24) is 4.72 Å². The van der Waals surface area contributed by atoms with Gasteiger partial charge in [-0.15, -0.1) is 0 Å². The minimum Gasteiger partial charge on any atom is -0.399 e. The topological polar surface area (TPSA) is 72.2 Å². The molecule has 0 aliphatic heterocycles. The van der Waals surface area contributed by atoms with Crippen LogP contribution in [-0.4, -0.2) is 8.42 Å². The molecule has 2 aromatic carbocycles. The quantitative estimate of drug-likeness (QED) is 0.847. The van der Waals surface area contributed by atoms with Crippen LogP contribution >= 0.6 is 11.6 Å². The van der Waals surface area contributed by atoms with Crippen LogP contribution in [0.5, 0.6) is 0 Å². The van der Waals surface area contributed by atoms with Gasteiger partial charge in [0.2, 0.25) is 10.0 Å². The number of sulfonamides is 1. The second kappa shape index (κ2) is 6.01. The van der Waals surface area contributed by atoms with Gasteiger partial charge in [0.15, 0.2) is 0 Å². The fraction of sp³-hybridized carbons (Fsp3) is 0.143. The number of anilines is 1. The lowest BCUT2D eigenvalue weighted by Crippen LogP contribution is -2.27. The minimum atomic E-state index is -3.85. The highest BCUT2D eigenvalue weighted by molar-refractivity contribution is 7.89. The van der Waals surface area contributed by atoms with Crippen LogP contribution in [0.25, 0.3) is 0 Å². The van der Waals surface area contributed by atoms with Crippen molar-refractivity contribution in [1.29, 1.82) is 0 Å². The van der Waals surface area contributed by atoms with Crippen molar-refractivity contribution in [3.8, 4) is 0 Å². The van der Waals surface area contributed by atoms with Gasteiger partial charge in [0.1, 0.15) is 10.7 Å². The number of halogens is 2. The van der Waals surface area contributed by atoms with Gasteiger partial charge in [0.25, 0.3) is 0 Å². The average Bonchev–Trinajstić information content (AvgIpc) is 2.38. The van der Waals surface area contributed by atoms with E-state index >= 15 is 0 Å². The number of nitrogen functional groups attached to an aromatic ring is 1. The summed E-state index contributed by atoms with van der Waals surface area (Å²) in [4.78, 5) is -0.159. The molecule has 0 radical (unpaired) electrons. The van der Waals surface area contributed by atoms with E-state index in [1.807, 2.05) is 0 Å². The van der Waals surface area contributed by atoms with Crippen molar-refractivity contribution in [2.24, 2.45) is 0 Å². The molecule has 0 aliphatic carbocycles. The molecule has 112 valence electrons. The van der Waals surface area contributed by atoms with E-state index in [1.165, 1.54) is 0 Å². The third kappa shape index (κ3) is 3.72. The fourth-order valence-corrected chi connectivity index (χ4v) is 3.61. The first-order valence-electron chi connectivity index (χ1n) is 6.12. The summed E-state index contributed by atoms with van der Waals surface area (Å²) in [7, 11) is -3.85. The molecule has 0 aliphatic rings. The van der Waals surface area contributed by atoms with Gasteiger partial charge in [-0.3, -0.25) is 0 Å². The molecule has 0 heterocycles. The largest absolute Gasteiger partial charge is 0.399 e. The zero-order chi connectivity index (χ0) is 15.6. The number of benzene rings is 2. The van der Waals surface area contributed by atoms with E-state index < -0.39 is 21.9 Å². The molecule has 0 amide bonds. The summed E-state index contributed by atoms with van der Waals surface area (Å²) in [6.45, 7) is 1.69. The number of hydrogen-bond acceptors (Lipinski definition) is 3. The predicted molar refractivity (Wildman–Crippen MR) is 81.0 cm³/mol. The first-order chi connectivity index (χ1) is 9.79. The van der Waals surface area contributed by atoms with Gasteiger partial charge >= 0.3 is 0 Å². The molecule has 4 nitrogen and oxygen atoms in total. The summed E-state index contributed by atoms with van der Waals surface area (Å²) >= 11 is 5.79. The van der Waals surface area contributed by atoms with E-state index in [4.69, 9.17) is 17.3 Å². The maximum atomic E-state index is 13.0. The van der Waals surface area contributed by atoms with Gasteiger partial charge in [-0.25, -0.2) is 17.5 Å². The van der Waals surface area contributed by atoms with Gasteiger partial charge in [-0.2, -0.15) is 0 Å². The monoisotopic (exact) mass is 328 g/mol. The van der Waals surface area contributed by atoms with Crippen molar-refractivity contribution in [2.75, 3.05) is 5.73 Å². The van der Waals surface area contributed by atoms with E-state index in [0.717, 1.165) is 23.8 Å². The zero-order valence-corrected chi connectivity index (χ0v) is 12.7. The molecule has 0 fully saturated rings. The fourth-order valence-electron chi connectivity index (χ4n) is 1.84. The van der Waals surface area contributed by atoms with E-state index in [9.17, 15) is 12.8 Å². The SMILES string of the molecule is CC(NS(=O)(=O)c1ccc(F)cc1Cl)c1ccc(N)cc1. The van der Waals surface area contributed by atoms with Crippen LogP contribution in [0.2, 0.25) is 5.02 Å². The van der Waals surface area contributed by atoms with Gasteiger partial charge < -0.3 is 5.73 Å². The Balaban J connectivity index is 2.26. The van der Waals surface area contributed by atoms with Crippen molar-refractivity contribution in [3.05, 3.63) is 58.9 Å². The van der Waals surface area contributed by atoms with Crippen LogP contribution in [0.4, 0.5) is 10.1 Å². The second-order valence-electron chi connectivity index (χ2n) is 4.58. The van der Waals surface area contributed by atoms with Crippen LogP contribution in [-0.2, 0) is 10.0 Å². The summed E-state index contributed by atoms with van der Waals surface area (Å²) in [6.07, 6.45) is 0. The lowest BCUT2D eigenvalue weighted by molar-refractivity contribution is 0.566. The van der Waals surface area contributed by atoms with Crippen LogP contribution in [0.3, 0.4) is 0 Å². The molecule has 2 aromatic rings. The van der Waals surface area contributed by atoms with Gasteiger partial charge in [0.05, 0.1) is 5.02 Å². The molecule has 1 unspecified atom stereocenters. The Morgan fingerprint density at radius 3 is 2.38 bits per heavy atom. The molecule has 1 atom stereocenters. The molecular weight excluding hydrogens is 315 g/mol. The standard InChI is InChI=1S/C14H14ClFN2O2S/c1-9(10-2-5-12(17)6-3-10)18-21(19,20)14-7-4-11(16)8-13(14)15/h2-9,18H,17H2,1H3. The number of nitrogens with one attached hydrogen (secondary N) is 1. The summed E-state index contributed by atoms with van der Waals surface area (Å²) < 4.78 is 40.0. The minimum absolute atomic E-state index is 0.159. The maximum Gasteiger partial charge on any atom is 0.242 e. The number of hydrogen-bond donors (Lipinski definition) is 2. The molecule has 7 heteroatoms. The van der Waals surface area contributed by atoms with Gasteiger partial charge in [-0.05, 0) is 42.8 Å². The third-order valence-corrected chi connectivity index (χ3v) is 4.98. The molecule has 0 aromatic heterocycles. The van der Waals surface area contributed by atoms with Crippen molar-refractivity contribution in [3.63, 3.8) is 0 Å². The van der Waals surface area contributed by atoms with Crippen molar-refractivity contribution >= 4 is 27.3 Å². The predicted octanol–water partition coefficient (Wildman–Crippen LogP) is 3.10. The second-order valence-corrected chi connectivity index (χ2v) is 6.67. The summed E-state index contributed by atoms with van der Waals surface area (Å²) in [5, 5.41) is -0.160. The summed E-state index contributed by atoms with van der Waals surface area (Å²) in [6, 6.07) is 9.50. The molecule has 21 heavy (non-hydrogen) atoms. The Kier molecular flexibility index (Phi) is 4.51. The lowest BCUT2D eigenvalue weighted by Gasteiger charge is -2.15. The first kappa shape index (κ1) is 15.8. The molecule has 3 N–H and O–H groups in total. The number of rotatable bonds is 4.